The Morgan fingerprint density at radius 1 is 1.12 bits per heavy atom. The minimum absolute atomic E-state index is 0.0812. The third-order valence-electron chi connectivity index (χ3n) is 5.23. The minimum atomic E-state index is -0.0812. The first-order chi connectivity index (χ1) is 11.8. The molecule has 1 aromatic rings. The van der Waals surface area contributed by atoms with Gasteiger partial charge in [-0.2, -0.15) is 0 Å². The molecular weight excluding hydrogens is 306 g/mol. The Morgan fingerprint density at radius 3 is 2.92 bits per heavy atom. The number of nitrogens with one attached hydrogen (secondary N) is 2. The summed E-state index contributed by atoms with van der Waals surface area (Å²) >= 11 is 0. The summed E-state index contributed by atoms with van der Waals surface area (Å²) in [4.78, 5) is 14.8. The molecule has 2 amide bonds. The van der Waals surface area contributed by atoms with Crippen molar-refractivity contribution in [2.24, 2.45) is 0 Å². The van der Waals surface area contributed by atoms with Crippen molar-refractivity contribution in [1.82, 2.24) is 15.5 Å². The number of hydrogen-bond acceptors (Lipinski definition) is 4. The highest BCUT2D eigenvalue weighted by Crippen LogP contribution is 2.30. The van der Waals surface area contributed by atoms with E-state index >= 15 is 0 Å². The maximum atomic E-state index is 12.2. The lowest BCUT2D eigenvalue weighted by Gasteiger charge is -2.32. The molecule has 0 aromatic heterocycles. The van der Waals surface area contributed by atoms with Crippen LogP contribution >= 0.6 is 0 Å². The van der Waals surface area contributed by atoms with E-state index in [4.69, 9.17) is 9.47 Å². The van der Waals surface area contributed by atoms with Crippen molar-refractivity contribution in [2.45, 2.75) is 44.3 Å². The van der Waals surface area contributed by atoms with Crippen LogP contribution in [0.4, 0.5) is 4.79 Å². The van der Waals surface area contributed by atoms with E-state index in [0.717, 1.165) is 30.0 Å². The smallest absolute Gasteiger partial charge is 0.315 e. The molecule has 0 aliphatic carbocycles. The molecule has 0 spiro atoms. The van der Waals surface area contributed by atoms with E-state index in [1.807, 2.05) is 18.2 Å². The van der Waals surface area contributed by atoms with Crippen LogP contribution in [0.5, 0.6) is 11.5 Å². The maximum Gasteiger partial charge on any atom is 0.315 e. The summed E-state index contributed by atoms with van der Waals surface area (Å²) < 4.78 is 11.1. The number of hydrogen-bond donors (Lipinski definition) is 2. The van der Waals surface area contributed by atoms with Gasteiger partial charge < -0.3 is 20.1 Å². The van der Waals surface area contributed by atoms with Gasteiger partial charge >= 0.3 is 6.03 Å². The highest BCUT2D eigenvalue weighted by molar-refractivity contribution is 5.74. The molecule has 24 heavy (non-hydrogen) atoms. The van der Waals surface area contributed by atoms with Crippen molar-refractivity contribution < 1.29 is 14.3 Å². The number of urea groups is 1. The predicted molar refractivity (Wildman–Crippen MR) is 90.4 cm³/mol. The number of amides is 2. The fraction of sp³-hybridized carbons (Fsp3) is 0.611. The van der Waals surface area contributed by atoms with E-state index in [0.29, 0.717) is 25.8 Å². The fourth-order valence-corrected chi connectivity index (χ4v) is 4.02. The molecule has 0 radical (unpaired) electrons. The van der Waals surface area contributed by atoms with Gasteiger partial charge in [0, 0.05) is 25.2 Å². The molecule has 2 saturated heterocycles. The Kier molecular flexibility index (Phi) is 4.47. The summed E-state index contributed by atoms with van der Waals surface area (Å²) in [6.07, 6.45) is 4.83. The van der Waals surface area contributed by atoms with Gasteiger partial charge in [-0.25, -0.2) is 4.79 Å². The van der Waals surface area contributed by atoms with Crippen molar-refractivity contribution >= 4 is 6.03 Å². The largest absolute Gasteiger partial charge is 0.486 e. The van der Waals surface area contributed by atoms with Crippen LogP contribution in [0.25, 0.3) is 0 Å². The molecule has 3 heterocycles. The quantitative estimate of drug-likeness (QED) is 0.888. The van der Waals surface area contributed by atoms with Gasteiger partial charge in [-0.1, -0.05) is 12.5 Å². The number of carbonyl (C=O) groups is 1. The van der Waals surface area contributed by atoms with Gasteiger partial charge in [0.05, 0.1) is 0 Å². The summed E-state index contributed by atoms with van der Waals surface area (Å²) in [5, 5.41) is 6.13. The van der Waals surface area contributed by atoms with E-state index in [1.165, 1.54) is 25.8 Å². The monoisotopic (exact) mass is 331 g/mol. The lowest BCUT2D eigenvalue weighted by atomic mass is 9.99. The third kappa shape index (κ3) is 3.29. The van der Waals surface area contributed by atoms with Crippen molar-refractivity contribution in [3.05, 3.63) is 23.8 Å². The van der Waals surface area contributed by atoms with Gasteiger partial charge in [0.2, 0.25) is 0 Å². The van der Waals surface area contributed by atoms with Crippen molar-refractivity contribution in [1.29, 1.82) is 0 Å². The zero-order chi connectivity index (χ0) is 16.4. The average Bonchev–Trinajstić information content (AvgIpc) is 3.03. The Labute approximate surface area is 142 Å². The van der Waals surface area contributed by atoms with Gasteiger partial charge in [-0.15, -0.1) is 0 Å². The predicted octanol–water partition coefficient (Wildman–Crippen LogP) is 1.88. The average molecular weight is 331 g/mol. The van der Waals surface area contributed by atoms with Crippen LogP contribution < -0.4 is 20.1 Å². The van der Waals surface area contributed by atoms with Gasteiger partial charge in [-0.05, 0) is 43.5 Å². The molecule has 0 saturated carbocycles. The minimum Gasteiger partial charge on any atom is -0.486 e. The number of nitrogens with zero attached hydrogens (tertiary/aromatic N) is 1. The maximum absolute atomic E-state index is 12.2. The molecule has 2 fully saturated rings. The lowest BCUT2D eigenvalue weighted by molar-refractivity contribution is 0.171. The first-order valence-corrected chi connectivity index (χ1v) is 8.96. The van der Waals surface area contributed by atoms with Gasteiger partial charge in [0.15, 0.2) is 11.5 Å². The van der Waals surface area contributed by atoms with Gasteiger partial charge in [0.25, 0.3) is 0 Å². The number of fused-ring (bicyclic) bond motifs is 2. The summed E-state index contributed by atoms with van der Waals surface area (Å²) in [5.41, 5.74) is 1.01. The lowest BCUT2D eigenvalue weighted by Crippen LogP contribution is -2.49. The Bertz CT molecular complexity index is 607. The number of benzene rings is 1. The SMILES string of the molecule is O=C(NCc1ccc2c(c1)OCCO2)N[C@H]1CCN2CCCC[C@H]12. The molecule has 6 nitrogen and oxygen atoms in total. The van der Waals surface area contributed by atoms with Crippen molar-refractivity contribution in [3.8, 4) is 11.5 Å². The zero-order valence-corrected chi connectivity index (χ0v) is 13.9. The topological polar surface area (TPSA) is 62.8 Å². The molecule has 2 N–H and O–H groups in total. The second-order valence-electron chi connectivity index (χ2n) is 6.80. The summed E-state index contributed by atoms with van der Waals surface area (Å²) in [6.45, 7) is 3.94. The molecule has 2 atom stereocenters. The Morgan fingerprint density at radius 2 is 2.00 bits per heavy atom. The number of piperidine rings is 1. The third-order valence-corrected chi connectivity index (χ3v) is 5.23. The van der Waals surface area contributed by atoms with Crippen LogP contribution in [-0.4, -0.2) is 49.3 Å². The summed E-state index contributed by atoms with van der Waals surface area (Å²) in [5.74, 6) is 1.53. The molecule has 0 bridgehead atoms. The van der Waals surface area contributed by atoms with Crippen LogP contribution in [0.3, 0.4) is 0 Å². The Hall–Kier alpha value is -1.95. The summed E-state index contributed by atoms with van der Waals surface area (Å²) in [7, 11) is 0. The second kappa shape index (κ2) is 6.89. The molecular formula is C18H25N3O3. The highest BCUT2D eigenvalue weighted by Gasteiger charge is 2.36. The number of ether oxygens (including phenoxy) is 2. The molecule has 6 heteroatoms. The molecule has 3 aliphatic heterocycles. The molecule has 0 unspecified atom stereocenters. The van der Waals surface area contributed by atoms with E-state index in [2.05, 4.69) is 15.5 Å². The van der Waals surface area contributed by atoms with Gasteiger partial charge in [0.1, 0.15) is 13.2 Å². The molecule has 130 valence electrons. The zero-order valence-electron chi connectivity index (χ0n) is 13.9. The first-order valence-electron chi connectivity index (χ1n) is 8.96. The standard InChI is InChI=1S/C18H25N3O3/c22-18(20-14-6-8-21-7-2-1-3-15(14)21)19-12-13-4-5-16-17(11-13)24-10-9-23-16/h4-5,11,14-15H,1-3,6-10,12H2,(H2,19,20,22)/t14-,15+/m0/s1. The highest BCUT2D eigenvalue weighted by atomic mass is 16.6. The number of rotatable bonds is 3. The van der Waals surface area contributed by atoms with Crippen LogP contribution in [0.1, 0.15) is 31.2 Å². The second-order valence-corrected chi connectivity index (χ2v) is 6.80. The first kappa shape index (κ1) is 15.6. The number of carbonyl (C=O) groups excluding carboxylic acids is 1. The van der Waals surface area contributed by atoms with Crippen LogP contribution in [-0.2, 0) is 6.54 Å². The molecule has 3 aliphatic rings. The fourth-order valence-electron chi connectivity index (χ4n) is 4.02. The van der Waals surface area contributed by atoms with Crippen molar-refractivity contribution in [2.75, 3.05) is 26.3 Å². The molecule has 1 aromatic carbocycles. The van der Waals surface area contributed by atoms with E-state index < -0.39 is 0 Å². The normalized spacial score (nSPS) is 25.8. The van der Waals surface area contributed by atoms with Gasteiger partial charge in [-0.3, -0.25) is 4.90 Å². The summed E-state index contributed by atoms with van der Waals surface area (Å²) in [6, 6.07) is 6.53. The van der Waals surface area contributed by atoms with Crippen LogP contribution in [0.2, 0.25) is 0 Å². The Balaban J connectivity index is 1.29. The van der Waals surface area contributed by atoms with E-state index in [9.17, 15) is 4.79 Å². The van der Waals surface area contributed by atoms with E-state index in [-0.39, 0.29) is 12.1 Å². The van der Waals surface area contributed by atoms with Crippen LogP contribution in [0.15, 0.2) is 18.2 Å². The van der Waals surface area contributed by atoms with Crippen molar-refractivity contribution in [3.63, 3.8) is 0 Å². The van der Waals surface area contributed by atoms with Crippen LogP contribution in [0, 0.1) is 0 Å². The van der Waals surface area contributed by atoms with E-state index in [1.54, 1.807) is 0 Å². The molecule has 4 rings (SSSR count).